The number of amides is 3. The number of carbonyl (C=O) groups excluding carboxylic acids is 3. The van der Waals surface area contributed by atoms with Gasteiger partial charge in [-0.25, -0.2) is 4.79 Å². The maximum Gasteiger partial charge on any atom is 0.408 e. The molecule has 1 aliphatic rings. The number of benzene rings is 2. The highest BCUT2D eigenvalue weighted by Gasteiger charge is 2.25. The minimum atomic E-state index is -0.744. The molecule has 0 unspecified atom stereocenters. The van der Waals surface area contributed by atoms with E-state index < -0.39 is 12.1 Å². The van der Waals surface area contributed by atoms with Crippen LogP contribution in [0.5, 0.6) is 0 Å². The maximum absolute atomic E-state index is 12.8. The molecule has 0 radical (unpaired) electrons. The number of anilines is 1. The van der Waals surface area contributed by atoms with Crippen molar-refractivity contribution in [2.24, 2.45) is 5.92 Å². The number of nitrogens with one attached hydrogen (secondary N) is 2. The number of hydrogen-bond acceptors (Lipinski definition) is 5. The Morgan fingerprint density at radius 2 is 1.64 bits per heavy atom. The lowest BCUT2D eigenvalue weighted by molar-refractivity contribution is -0.130. The van der Waals surface area contributed by atoms with Crippen molar-refractivity contribution in [3.05, 3.63) is 65.7 Å². The van der Waals surface area contributed by atoms with Crippen LogP contribution in [0.15, 0.2) is 54.6 Å². The molecule has 2 aromatic carbocycles. The van der Waals surface area contributed by atoms with E-state index in [0.717, 1.165) is 35.7 Å². The summed E-state index contributed by atoms with van der Waals surface area (Å²) in [6.45, 7) is 5.45. The molecule has 3 amide bonds. The zero-order valence-electron chi connectivity index (χ0n) is 19.1. The van der Waals surface area contributed by atoms with Crippen molar-refractivity contribution >= 4 is 35.4 Å². The van der Waals surface area contributed by atoms with Gasteiger partial charge in [0.1, 0.15) is 12.6 Å². The van der Waals surface area contributed by atoms with E-state index in [9.17, 15) is 14.4 Å². The van der Waals surface area contributed by atoms with E-state index in [2.05, 4.69) is 10.6 Å². The summed E-state index contributed by atoms with van der Waals surface area (Å²) in [6, 6.07) is 15.9. The fraction of sp³-hybridized carbons (Fsp3) is 0.400. The Hall–Kier alpha value is -3.00. The van der Waals surface area contributed by atoms with Gasteiger partial charge < -0.3 is 20.3 Å². The molecular formula is C25H31N3O4S. The fourth-order valence-corrected chi connectivity index (χ4v) is 4.35. The van der Waals surface area contributed by atoms with Gasteiger partial charge in [0.25, 0.3) is 0 Å². The Labute approximate surface area is 199 Å². The number of carbonyl (C=O) groups is 3. The van der Waals surface area contributed by atoms with E-state index in [1.807, 2.05) is 73.0 Å². The lowest BCUT2D eigenvalue weighted by Gasteiger charge is -2.26. The maximum atomic E-state index is 12.8. The van der Waals surface area contributed by atoms with Crippen molar-refractivity contribution in [2.75, 3.05) is 29.9 Å². The molecule has 2 aromatic rings. The molecule has 1 heterocycles. The van der Waals surface area contributed by atoms with Gasteiger partial charge in [-0.2, -0.15) is 11.8 Å². The molecule has 8 heteroatoms. The van der Waals surface area contributed by atoms with Gasteiger partial charge in [-0.3, -0.25) is 9.59 Å². The van der Waals surface area contributed by atoms with Gasteiger partial charge in [-0.15, -0.1) is 0 Å². The van der Waals surface area contributed by atoms with E-state index in [-0.39, 0.29) is 24.3 Å². The normalized spacial score (nSPS) is 14.5. The topological polar surface area (TPSA) is 87.7 Å². The molecule has 33 heavy (non-hydrogen) atoms. The first-order valence-corrected chi connectivity index (χ1v) is 12.3. The van der Waals surface area contributed by atoms with Crippen molar-refractivity contribution in [3.63, 3.8) is 0 Å². The number of ether oxygens (including phenoxy) is 1. The minimum Gasteiger partial charge on any atom is -0.445 e. The summed E-state index contributed by atoms with van der Waals surface area (Å²) in [7, 11) is 0. The zero-order valence-corrected chi connectivity index (χ0v) is 19.9. The molecule has 0 bridgehead atoms. The van der Waals surface area contributed by atoms with E-state index in [0.29, 0.717) is 12.1 Å². The highest BCUT2D eigenvalue weighted by atomic mass is 32.2. The van der Waals surface area contributed by atoms with Crippen molar-refractivity contribution in [2.45, 2.75) is 32.9 Å². The van der Waals surface area contributed by atoms with Crippen molar-refractivity contribution in [3.8, 4) is 0 Å². The molecule has 1 fully saturated rings. The van der Waals surface area contributed by atoms with E-state index in [4.69, 9.17) is 4.74 Å². The van der Waals surface area contributed by atoms with Crippen LogP contribution in [0, 0.1) is 5.92 Å². The fourth-order valence-electron chi connectivity index (χ4n) is 3.45. The highest BCUT2D eigenvalue weighted by Crippen LogP contribution is 2.15. The molecule has 0 aliphatic carbocycles. The Bertz CT molecular complexity index is 928. The Morgan fingerprint density at radius 3 is 2.27 bits per heavy atom. The molecule has 7 nitrogen and oxygen atoms in total. The van der Waals surface area contributed by atoms with Crippen LogP contribution in [0.2, 0.25) is 0 Å². The van der Waals surface area contributed by atoms with Crippen LogP contribution in [0.3, 0.4) is 0 Å². The monoisotopic (exact) mass is 469 g/mol. The number of hydrogen-bond donors (Lipinski definition) is 2. The smallest absolute Gasteiger partial charge is 0.408 e. The Balaban J connectivity index is 1.50. The SMILES string of the molecule is CC(C)[C@H](NC(=O)OCc1ccccc1)C(=O)Nc1ccc(CC(=O)N2CCSCC2)cc1. The first-order chi connectivity index (χ1) is 15.9. The number of nitrogens with zero attached hydrogens (tertiary/aromatic N) is 1. The second-order valence-corrected chi connectivity index (χ2v) is 9.51. The molecule has 176 valence electrons. The van der Waals surface area contributed by atoms with Crippen molar-refractivity contribution in [1.82, 2.24) is 10.2 Å². The first kappa shape index (κ1) is 24.6. The van der Waals surface area contributed by atoms with Gasteiger partial charge >= 0.3 is 6.09 Å². The van der Waals surface area contributed by atoms with Crippen LogP contribution < -0.4 is 10.6 Å². The summed E-state index contributed by atoms with van der Waals surface area (Å²) < 4.78 is 5.24. The minimum absolute atomic E-state index is 0.130. The summed E-state index contributed by atoms with van der Waals surface area (Å²) in [6.07, 6.45) is -0.292. The zero-order chi connectivity index (χ0) is 23.6. The summed E-state index contributed by atoms with van der Waals surface area (Å²) in [5, 5.41) is 5.49. The lowest BCUT2D eigenvalue weighted by Crippen LogP contribution is -2.47. The average Bonchev–Trinajstić information content (AvgIpc) is 2.83. The molecule has 0 spiro atoms. The van der Waals surface area contributed by atoms with Crippen molar-refractivity contribution in [1.29, 1.82) is 0 Å². The number of alkyl carbamates (subject to hydrolysis) is 1. The Kier molecular flexibility index (Phi) is 9.18. The molecule has 3 rings (SSSR count). The molecule has 1 aliphatic heterocycles. The number of thioether (sulfide) groups is 1. The van der Waals surface area contributed by atoms with Crippen LogP contribution in [0.25, 0.3) is 0 Å². The lowest BCUT2D eigenvalue weighted by atomic mass is 10.0. The van der Waals surface area contributed by atoms with Crippen LogP contribution in [-0.2, 0) is 27.4 Å². The first-order valence-electron chi connectivity index (χ1n) is 11.1. The third kappa shape index (κ3) is 7.82. The van der Waals surface area contributed by atoms with E-state index in [1.54, 1.807) is 12.1 Å². The van der Waals surface area contributed by atoms with Crippen LogP contribution in [0.4, 0.5) is 10.5 Å². The van der Waals surface area contributed by atoms with Crippen LogP contribution in [0.1, 0.15) is 25.0 Å². The predicted molar refractivity (Wildman–Crippen MR) is 131 cm³/mol. The third-order valence-electron chi connectivity index (χ3n) is 5.38. The molecular weight excluding hydrogens is 438 g/mol. The third-order valence-corrected chi connectivity index (χ3v) is 6.32. The second kappa shape index (κ2) is 12.3. The largest absolute Gasteiger partial charge is 0.445 e. The van der Waals surface area contributed by atoms with Crippen LogP contribution in [-0.4, -0.2) is 53.4 Å². The molecule has 0 aromatic heterocycles. The highest BCUT2D eigenvalue weighted by molar-refractivity contribution is 7.99. The summed E-state index contributed by atoms with van der Waals surface area (Å²) in [4.78, 5) is 39.3. The predicted octanol–water partition coefficient (Wildman–Crippen LogP) is 3.69. The molecule has 1 saturated heterocycles. The molecule has 1 atom stereocenters. The van der Waals surface area contributed by atoms with Gasteiger partial charge in [0.15, 0.2) is 0 Å². The summed E-state index contributed by atoms with van der Waals surface area (Å²) in [5.41, 5.74) is 2.38. The summed E-state index contributed by atoms with van der Waals surface area (Å²) in [5.74, 6) is 1.65. The number of rotatable bonds is 8. The van der Waals surface area contributed by atoms with Gasteiger partial charge in [-0.05, 0) is 29.2 Å². The quantitative estimate of drug-likeness (QED) is 0.616. The van der Waals surface area contributed by atoms with Gasteiger partial charge in [0, 0.05) is 30.3 Å². The molecule has 0 saturated carbocycles. The Morgan fingerprint density at radius 1 is 0.970 bits per heavy atom. The average molecular weight is 470 g/mol. The van der Waals surface area contributed by atoms with Gasteiger partial charge in [0.05, 0.1) is 6.42 Å². The second-order valence-electron chi connectivity index (χ2n) is 8.28. The molecule has 2 N–H and O–H groups in total. The standard InChI is InChI=1S/C25H31N3O4S/c1-18(2)23(27-25(31)32-17-20-6-4-3-5-7-20)24(30)26-21-10-8-19(9-11-21)16-22(29)28-12-14-33-15-13-28/h3-11,18,23H,12-17H2,1-2H3,(H,26,30)(H,27,31)/t23-/m0/s1. The van der Waals surface area contributed by atoms with Crippen LogP contribution >= 0.6 is 11.8 Å². The van der Waals surface area contributed by atoms with E-state index in [1.165, 1.54) is 0 Å². The summed E-state index contributed by atoms with van der Waals surface area (Å²) >= 11 is 1.87. The van der Waals surface area contributed by atoms with E-state index >= 15 is 0 Å². The van der Waals surface area contributed by atoms with Gasteiger partial charge in [-0.1, -0.05) is 56.3 Å². The van der Waals surface area contributed by atoms with Crippen molar-refractivity contribution < 1.29 is 19.1 Å². The van der Waals surface area contributed by atoms with Gasteiger partial charge in [0.2, 0.25) is 11.8 Å².